The molecular formula is C21H25N3O4. The Morgan fingerprint density at radius 1 is 1.18 bits per heavy atom. The van der Waals surface area contributed by atoms with E-state index in [0.29, 0.717) is 18.4 Å². The largest absolute Gasteiger partial charge is 0.506 e. The van der Waals surface area contributed by atoms with Crippen LogP contribution in [0.15, 0.2) is 36.4 Å². The number of aromatic hydroxyl groups is 1. The molecule has 1 atom stereocenters. The molecule has 148 valence electrons. The first-order valence-corrected chi connectivity index (χ1v) is 9.39. The monoisotopic (exact) mass is 383 g/mol. The minimum atomic E-state index is -0.590. The Bertz CT molecular complexity index is 910. The summed E-state index contributed by atoms with van der Waals surface area (Å²) in [5.74, 6) is -0.755. The van der Waals surface area contributed by atoms with Crippen LogP contribution in [0.3, 0.4) is 0 Å². The lowest BCUT2D eigenvalue weighted by atomic mass is 10.0. The van der Waals surface area contributed by atoms with Gasteiger partial charge in [-0.25, -0.2) is 0 Å². The second-order valence-corrected chi connectivity index (χ2v) is 7.17. The van der Waals surface area contributed by atoms with E-state index in [1.165, 1.54) is 9.80 Å². The maximum Gasteiger partial charge on any atom is 0.258 e. The Hall–Kier alpha value is -3.09. The third-order valence-electron chi connectivity index (χ3n) is 5.08. The summed E-state index contributed by atoms with van der Waals surface area (Å²) < 4.78 is 0. The maximum atomic E-state index is 13.0. The lowest BCUT2D eigenvalue weighted by Crippen LogP contribution is -2.46. The summed E-state index contributed by atoms with van der Waals surface area (Å²) >= 11 is 0. The Balaban J connectivity index is 1.72. The molecule has 3 rings (SSSR count). The van der Waals surface area contributed by atoms with E-state index in [9.17, 15) is 19.5 Å². The van der Waals surface area contributed by atoms with Gasteiger partial charge in [0.05, 0.1) is 5.56 Å². The number of likely N-dealkylation sites (tertiary alicyclic amines) is 1. The number of rotatable bonds is 5. The third-order valence-corrected chi connectivity index (χ3v) is 5.08. The van der Waals surface area contributed by atoms with Crippen LogP contribution in [-0.2, 0) is 9.59 Å². The van der Waals surface area contributed by atoms with Crippen LogP contribution in [0.2, 0.25) is 0 Å². The van der Waals surface area contributed by atoms with Crippen LogP contribution in [-0.4, -0.2) is 65.9 Å². The van der Waals surface area contributed by atoms with E-state index in [2.05, 4.69) is 5.32 Å². The summed E-state index contributed by atoms with van der Waals surface area (Å²) in [7, 11) is 3.33. The second-order valence-electron chi connectivity index (χ2n) is 7.17. The topological polar surface area (TPSA) is 90.0 Å². The Morgan fingerprint density at radius 2 is 1.93 bits per heavy atom. The zero-order valence-electron chi connectivity index (χ0n) is 16.1. The number of carbonyl (C=O) groups excluding carboxylic acids is 3. The molecule has 0 spiro atoms. The van der Waals surface area contributed by atoms with E-state index < -0.39 is 6.04 Å². The molecule has 1 saturated heterocycles. The van der Waals surface area contributed by atoms with Gasteiger partial charge in [-0.1, -0.05) is 30.3 Å². The SMILES string of the molecule is CN(C)C(=O)CCNC(=O)C1CCCN1C(=O)c1ccc2ccccc2c1O. The molecule has 1 aliphatic rings. The number of amides is 3. The number of nitrogens with zero attached hydrogens (tertiary/aromatic N) is 2. The molecule has 1 aliphatic heterocycles. The highest BCUT2D eigenvalue weighted by molar-refractivity contribution is 6.05. The Labute approximate surface area is 163 Å². The number of carbonyl (C=O) groups is 3. The van der Waals surface area contributed by atoms with Crippen molar-refractivity contribution in [3.8, 4) is 5.75 Å². The molecule has 7 nitrogen and oxygen atoms in total. The highest BCUT2D eigenvalue weighted by Gasteiger charge is 2.35. The number of phenolic OH excluding ortho intramolecular Hbond substituents is 1. The second kappa shape index (κ2) is 8.29. The molecule has 7 heteroatoms. The van der Waals surface area contributed by atoms with Crippen LogP contribution >= 0.6 is 0 Å². The lowest BCUT2D eigenvalue weighted by molar-refractivity contribution is -0.129. The molecule has 1 unspecified atom stereocenters. The number of phenols is 1. The smallest absolute Gasteiger partial charge is 0.258 e. The fourth-order valence-electron chi connectivity index (χ4n) is 3.50. The van der Waals surface area contributed by atoms with Crippen molar-refractivity contribution >= 4 is 28.5 Å². The summed E-state index contributed by atoms with van der Waals surface area (Å²) in [5.41, 5.74) is 0.196. The van der Waals surface area contributed by atoms with Gasteiger partial charge in [0, 0.05) is 39.0 Å². The molecule has 2 aromatic rings. The zero-order valence-corrected chi connectivity index (χ0v) is 16.1. The van der Waals surface area contributed by atoms with Crippen LogP contribution in [0.4, 0.5) is 0 Å². The molecular weight excluding hydrogens is 358 g/mol. The minimum Gasteiger partial charge on any atom is -0.506 e. The predicted octanol–water partition coefficient (Wildman–Crippen LogP) is 1.74. The molecule has 3 amide bonds. The number of benzene rings is 2. The Kier molecular flexibility index (Phi) is 5.82. The fourth-order valence-corrected chi connectivity index (χ4v) is 3.50. The van der Waals surface area contributed by atoms with E-state index in [4.69, 9.17) is 0 Å². The van der Waals surface area contributed by atoms with Crippen molar-refractivity contribution in [3.63, 3.8) is 0 Å². The van der Waals surface area contributed by atoms with Crippen molar-refractivity contribution in [3.05, 3.63) is 42.0 Å². The van der Waals surface area contributed by atoms with Crippen molar-refractivity contribution in [1.29, 1.82) is 0 Å². The normalized spacial score (nSPS) is 16.2. The number of nitrogens with one attached hydrogen (secondary N) is 1. The van der Waals surface area contributed by atoms with Crippen LogP contribution < -0.4 is 5.32 Å². The van der Waals surface area contributed by atoms with Gasteiger partial charge in [0.2, 0.25) is 11.8 Å². The minimum absolute atomic E-state index is 0.0641. The molecule has 2 N–H and O–H groups in total. The lowest BCUT2D eigenvalue weighted by Gasteiger charge is -2.24. The van der Waals surface area contributed by atoms with Crippen molar-refractivity contribution in [2.45, 2.75) is 25.3 Å². The average molecular weight is 383 g/mol. The van der Waals surface area contributed by atoms with Gasteiger partial charge in [-0.05, 0) is 24.3 Å². The van der Waals surface area contributed by atoms with Crippen molar-refractivity contribution in [2.24, 2.45) is 0 Å². The first-order valence-electron chi connectivity index (χ1n) is 9.39. The van der Waals surface area contributed by atoms with Gasteiger partial charge in [-0.2, -0.15) is 0 Å². The molecule has 0 radical (unpaired) electrons. The van der Waals surface area contributed by atoms with E-state index in [1.54, 1.807) is 38.4 Å². The average Bonchev–Trinajstić information content (AvgIpc) is 3.17. The first-order chi connectivity index (χ1) is 13.4. The molecule has 28 heavy (non-hydrogen) atoms. The first kappa shape index (κ1) is 19.7. The van der Waals surface area contributed by atoms with E-state index in [-0.39, 0.29) is 42.0 Å². The predicted molar refractivity (Wildman–Crippen MR) is 106 cm³/mol. The van der Waals surface area contributed by atoms with Crippen LogP contribution in [0.25, 0.3) is 10.8 Å². The van der Waals surface area contributed by atoms with Crippen molar-refractivity contribution in [1.82, 2.24) is 15.1 Å². The maximum absolute atomic E-state index is 13.0. The van der Waals surface area contributed by atoms with Crippen molar-refractivity contribution in [2.75, 3.05) is 27.2 Å². The Morgan fingerprint density at radius 3 is 2.68 bits per heavy atom. The molecule has 0 bridgehead atoms. The molecule has 0 saturated carbocycles. The molecule has 0 aliphatic carbocycles. The summed E-state index contributed by atoms with van der Waals surface area (Å²) in [6.45, 7) is 0.690. The van der Waals surface area contributed by atoms with Crippen molar-refractivity contribution < 1.29 is 19.5 Å². The molecule has 0 aromatic heterocycles. The summed E-state index contributed by atoms with van der Waals surface area (Å²) in [5, 5.41) is 14.8. The van der Waals surface area contributed by atoms with E-state index >= 15 is 0 Å². The number of hydrogen-bond acceptors (Lipinski definition) is 4. The zero-order chi connectivity index (χ0) is 20.3. The van der Waals surface area contributed by atoms with Gasteiger partial charge in [-0.3, -0.25) is 14.4 Å². The molecule has 1 fully saturated rings. The quantitative estimate of drug-likeness (QED) is 0.823. The van der Waals surface area contributed by atoms with Gasteiger partial charge >= 0.3 is 0 Å². The fraction of sp³-hybridized carbons (Fsp3) is 0.381. The van der Waals surface area contributed by atoms with Gasteiger partial charge in [0.25, 0.3) is 5.91 Å². The third kappa shape index (κ3) is 3.93. The number of hydrogen-bond donors (Lipinski definition) is 2. The summed E-state index contributed by atoms with van der Waals surface area (Å²) in [6.07, 6.45) is 1.49. The summed E-state index contributed by atoms with van der Waals surface area (Å²) in [6, 6.07) is 10.1. The van der Waals surface area contributed by atoms with Gasteiger partial charge < -0.3 is 20.2 Å². The van der Waals surface area contributed by atoms with Crippen LogP contribution in [0.5, 0.6) is 5.75 Å². The van der Waals surface area contributed by atoms with Crippen LogP contribution in [0.1, 0.15) is 29.6 Å². The van der Waals surface area contributed by atoms with E-state index in [0.717, 1.165) is 11.8 Å². The van der Waals surface area contributed by atoms with E-state index in [1.807, 2.05) is 12.1 Å². The highest BCUT2D eigenvalue weighted by atomic mass is 16.3. The standard InChI is InChI=1S/C21H25N3O4/c1-23(2)18(25)11-12-22-20(27)17-8-5-13-24(17)21(28)16-10-9-14-6-3-4-7-15(14)19(16)26/h3-4,6-7,9-10,17,26H,5,8,11-13H2,1-2H3,(H,22,27). The summed E-state index contributed by atoms with van der Waals surface area (Å²) in [4.78, 5) is 40.2. The van der Waals surface area contributed by atoms with Gasteiger partial charge in [0.15, 0.2) is 0 Å². The van der Waals surface area contributed by atoms with Gasteiger partial charge in [0.1, 0.15) is 11.8 Å². The molecule has 2 aromatic carbocycles. The molecule has 1 heterocycles. The highest BCUT2D eigenvalue weighted by Crippen LogP contribution is 2.31. The van der Waals surface area contributed by atoms with Crippen LogP contribution in [0, 0.1) is 0 Å². The van der Waals surface area contributed by atoms with Gasteiger partial charge in [-0.15, -0.1) is 0 Å². The number of fused-ring (bicyclic) bond motifs is 1.